The van der Waals surface area contributed by atoms with E-state index < -0.39 is 0 Å². The van der Waals surface area contributed by atoms with Crippen molar-refractivity contribution in [2.24, 2.45) is 0 Å². The smallest absolute Gasteiger partial charge is 0.127 e. The van der Waals surface area contributed by atoms with Crippen molar-refractivity contribution in [2.75, 3.05) is 0 Å². The van der Waals surface area contributed by atoms with E-state index in [0.29, 0.717) is 11.4 Å². The van der Waals surface area contributed by atoms with Gasteiger partial charge < -0.3 is 0 Å². The van der Waals surface area contributed by atoms with Crippen molar-refractivity contribution in [3.05, 3.63) is 54.0 Å². The molecule has 0 aliphatic carbocycles. The lowest BCUT2D eigenvalue weighted by Crippen LogP contribution is -1.88. The molecule has 0 unspecified atom stereocenters. The Morgan fingerprint density at radius 1 is 1.07 bits per heavy atom. The van der Waals surface area contributed by atoms with Gasteiger partial charge in [-0.05, 0) is 13.0 Å². The van der Waals surface area contributed by atoms with Crippen LogP contribution in [0.1, 0.15) is 5.69 Å². The molecule has 0 fully saturated rings. The molecule has 0 aliphatic rings. The topological polar surface area (TPSA) is 12.9 Å². The van der Waals surface area contributed by atoms with Crippen LogP contribution in [-0.4, -0.2) is 4.98 Å². The normalized spacial score (nSPS) is 10.1. The van der Waals surface area contributed by atoms with Crippen LogP contribution in [0.15, 0.2) is 42.5 Å². The first-order valence-corrected chi connectivity index (χ1v) is 4.45. The zero-order chi connectivity index (χ0) is 9.97. The average Bonchev–Trinajstić information content (AvgIpc) is 2.18. The molecule has 0 radical (unpaired) electrons. The van der Waals surface area contributed by atoms with Crippen LogP contribution < -0.4 is 0 Å². The van der Waals surface area contributed by atoms with Crippen LogP contribution in [-0.2, 0) is 0 Å². The lowest BCUT2D eigenvalue weighted by atomic mass is 10.1. The summed E-state index contributed by atoms with van der Waals surface area (Å²) < 4.78 is 13.1. The van der Waals surface area contributed by atoms with E-state index in [9.17, 15) is 4.39 Å². The minimum absolute atomic E-state index is 0.239. The molecule has 0 saturated carbocycles. The quantitative estimate of drug-likeness (QED) is 0.668. The van der Waals surface area contributed by atoms with Crippen molar-refractivity contribution < 1.29 is 4.39 Å². The Morgan fingerprint density at radius 2 is 1.79 bits per heavy atom. The molecule has 0 aliphatic heterocycles. The first-order chi connectivity index (χ1) is 6.75. The largest absolute Gasteiger partial charge is 0.253 e. The molecule has 1 aromatic carbocycles. The van der Waals surface area contributed by atoms with E-state index in [2.05, 4.69) is 4.98 Å². The van der Waals surface area contributed by atoms with Gasteiger partial charge in [-0.15, -0.1) is 0 Å². The van der Waals surface area contributed by atoms with Crippen molar-refractivity contribution >= 4 is 0 Å². The molecule has 0 bridgehead atoms. The predicted molar refractivity (Wildman–Crippen MR) is 54.4 cm³/mol. The minimum Gasteiger partial charge on any atom is -0.253 e. The zero-order valence-electron chi connectivity index (χ0n) is 7.87. The Kier molecular flexibility index (Phi) is 2.27. The summed E-state index contributed by atoms with van der Waals surface area (Å²) >= 11 is 0. The summed E-state index contributed by atoms with van der Waals surface area (Å²) in [6, 6.07) is 12.5. The van der Waals surface area contributed by atoms with E-state index in [1.807, 2.05) is 30.3 Å². The van der Waals surface area contributed by atoms with Gasteiger partial charge in [0.1, 0.15) is 5.82 Å². The summed E-state index contributed by atoms with van der Waals surface area (Å²) in [6.45, 7) is 1.79. The maximum absolute atomic E-state index is 13.1. The van der Waals surface area contributed by atoms with Gasteiger partial charge in [0.15, 0.2) is 0 Å². The Hall–Kier alpha value is -1.70. The second-order valence-corrected chi connectivity index (χ2v) is 3.18. The summed E-state index contributed by atoms with van der Waals surface area (Å²) in [6.07, 6.45) is 0. The SMILES string of the molecule is Cc1cc(F)cc(-c2ccccc2)n1. The van der Waals surface area contributed by atoms with Crippen LogP contribution in [0, 0.1) is 12.7 Å². The van der Waals surface area contributed by atoms with E-state index in [0.717, 1.165) is 5.56 Å². The Bertz CT molecular complexity index is 417. The third-order valence-corrected chi connectivity index (χ3v) is 1.99. The standard InChI is InChI=1S/C12H10FN/c1-9-7-11(13)8-12(14-9)10-5-3-2-4-6-10/h2-8H,1H3. The van der Waals surface area contributed by atoms with Gasteiger partial charge in [0.25, 0.3) is 0 Å². The van der Waals surface area contributed by atoms with Gasteiger partial charge in [0.2, 0.25) is 0 Å². The van der Waals surface area contributed by atoms with E-state index in [4.69, 9.17) is 0 Å². The predicted octanol–water partition coefficient (Wildman–Crippen LogP) is 3.20. The molecule has 70 valence electrons. The fourth-order valence-corrected chi connectivity index (χ4v) is 1.38. The molecule has 0 N–H and O–H groups in total. The number of hydrogen-bond donors (Lipinski definition) is 0. The Balaban J connectivity index is 2.52. The number of halogens is 1. The molecule has 0 atom stereocenters. The van der Waals surface area contributed by atoms with E-state index >= 15 is 0 Å². The van der Waals surface area contributed by atoms with E-state index in [1.165, 1.54) is 12.1 Å². The third kappa shape index (κ3) is 1.79. The second kappa shape index (κ2) is 3.58. The molecular weight excluding hydrogens is 177 g/mol. The number of benzene rings is 1. The summed E-state index contributed by atoms with van der Waals surface area (Å²) in [4.78, 5) is 4.26. The lowest BCUT2D eigenvalue weighted by molar-refractivity contribution is 0.624. The molecule has 2 rings (SSSR count). The van der Waals surface area contributed by atoms with Gasteiger partial charge in [0, 0.05) is 17.3 Å². The minimum atomic E-state index is -0.239. The maximum Gasteiger partial charge on any atom is 0.127 e. The van der Waals surface area contributed by atoms with Gasteiger partial charge in [-0.3, -0.25) is 4.98 Å². The molecule has 14 heavy (non-hydrogen) atoms. The van der Waals surface area contributed by atoms with Gasteiger partial charge in [0.05, 0.1) is 5.69 Å². The number of nitrogens with zero attached hydrogens (tertiary/aromatic N) is 1. The van der Waals surface area contributed by atoms with Crippen molar-refractivity contribution in [3.63, 3.8) is 0 Å². The molecule has 0 spiro atoms. The number of rotatable bonds is 1. The van der Waals surface area contributed by atoms with Gasteiger partial charge >= 0.3 is 0 Å². The van der Waals surface area contributed by atoms with Crippen LogP contribution in [0.2, 0.25) is 0 Å². The molecule has 1 nitrogen and oxygen atoms in total. The van der Waals surface area contributed by atoms with Crippen molar-refractivity contribution in [1.82, 2.24) is 4.98 Å². The highest BCUT2D eigenvalue weighted by molar-refractivity contribution is 5.58. The highest BCUT2D eigenvalue weighted by Gasteiger charge is 2.01. The van der Waals surface area contributed by atoms with Gasteiger partial charge in [-0.2, -0.15) is 0 Å². The summed E-state index contributed by atoms with van der Waals surface area (Å²) in [5.41, 5.74) is 2.32. The Labute approximate surface area is 82.2 Å². The maximum atomic E-state index is 13.1. The number of hydrogen-bond acceptors (Lipinski definition) is 1. The highest BCUT2D eigenvalue weighted by atomic mass is 19.1. The van der Waals surface area contributed by atoms with Crippen LogP contribution in [0.3, 0.4) is 0 Å². The molecule has 0 saturated heterocycles. The summed E-state index contributed by atoms with van der Waals surface area (Å²) in [5, 5.41) is 0. The van der Waals surface area contributed by atoms with Crippen LogP contribution in [0.4, 0.5) is 4.39 Å². The third-order valence-electron chi connectivity index (χ3n) is 1.99. The zero-order valence-corrected chi connectivity index (χ0v) is 7.87. The molecular formula is C12H10FN. The van der Waals surface area contributed by atoms with Crippen LogP contribution >= 0.6 is 0 Å². The van der Waals surface area contributed by atoms with Crippen molar-refractivity contribution in [3.8, 4) is 11.3 Å². The summed E-state index contributed by atoms with van der Waals surface area (Å²) in [5.74, 6) is -0.239. The Morgan fingerprint density at radius 3 is 2.43 bits per heavy atom. The molecule has 1 heterocycles. The molecule has 2 heteroatoms. The first-order valence-electron chi connectivity index (χ1n) is 4.45. The van der Waals surface area contributed by atoms with Crippen molar-refractivity contribution in [2.45, 2.75) is 6.92 Å². The van der Waals surface area contributed by atoms with Gasteiger partial charge in [-0.1, -0.05) is 30.3 Å². The molecule has 1 aromatic heterocycles. The first kappa shape index (κ1) is 8.88. The number of aromatic nitrogens is 1. The molecule has 2 aromatic rings. The summed E-state index contributed by atoms with van der Waals surface area (Å²) in [7, 11) is 0. The number of aryl methyl sites for hydroxylation is 1. The molecule has 0 amide bonds. The average molecular weight is 187 g/mol. The fourth-order valence-electron chi connectivity index (χ4n) is 1.38. The fraction of sp³-hybridized carbons (Fsp3) is 0.0833. The second-order valence-electron chi connectivity index (χ2n) is 3.18. The van der Waals surface area contributed by atoms with Gasteiger partial charge in [-0.25, -0.2) is 4.39 Å². The van der Waals surface area contributed by atoms with Crippen LogP contribution in [0.5, 0.6) is 0 Å². The van der Waals surface area contributed by atoms with Crippen LogP contribution in [0.25, 0.3) is 11.3 Å². The highest BCUT2D eigenvalue weighted by Crippen LogP contribution is 2.17. The van der Waals surface area contributed by atoms with E-state index in [1.54, 1.807) is 6.92 Å². The lowest BCUT2D eigenvalue weighted by Gasteiger charge is -2.01. The van der Waals surface area contributed by atoms with Crippen molar-refractivity contribution in [1.29, 1.82) is 0 Å². The number of pyridine rings is 1. The monoisotopic (exact) mass is 187 g/mol. The van der Waals surface area contributed by atoms with E-state index in [-0.39, 0.29) is 5.82 Å².